The standard InChI is InChI=1S/C11H10F2N4O/c12-9-2-1-8(5-10(9)13)16-11(18)3-4-17-7-14-6-15-17/h1-2,5-7H,3-4H2,(H,16,18). The topological polar surface area (TPSA) is 59.8 Å². The quantitative estimate of drug-likeness (QED) is 0.898. The number of hydrogen-bond acceptors (Lipinski definition) is 3. The highest BCUT2D eigenvalue weighted by Gasteiger charge is 2.06. The third-order valence-electron chi connectivity index (χ3n) is 2.24. The average Bonchev–Trinajstić information content (AvgIpc) is 2.84. The minimum absolute atomic E-state index is 0.169. The molecule has 1 aromatic carbocycles. The van der Waals surface area contributed by atoms with Gasteiger partial charge in [-0.1, -0.05) is 0 Å². The van der Waals surface area contributed by atoms with Crippen molar-refractivity contribution in [1.82, 2.24) is 14.8 Å². The molecule has 1 heterocycles. The summed E-state index contributed by atoms with van der Waals surface area (Å²) in [5.41, 5.74) is 0.220. The SMILES string of the molecule is O=C(CCn1cncn1)Nc1ccc(F)c(F)c1. The third kappa shape index (κ3) is 3.09. The van der Waals surface area contributed by atoms with Gasteiger partial charge in [-0.25, -0.2) is 13.8 Å². The summed E-state index contributed by atoms with van der Waals surface area (Å²) >= 11 is 0. The summed E-state index contributed by atoms with van der Waals surface area (Å²) in [7, 11) is 0. The van der Waals surface area contributed by atoms with Crippen LogP contribution >= 0.6 is 0 Å². The van der Waals surface area contributed by atoms with Gasteiger partial charge in [0.1, 0.15) is 12.7 Å². The number of amides is 1. The number of hydrogen-bond donors (Lipinski definition) is 1. The second-order valence-electron chi connectivity index (χ2n) is 3.59. The van der Waals surface area contributed by atoms with E-state index >= 15 is 0 Å². The number of carbonyl (C=O) groups excluding carboxylic acids is 1. The zero-order valence-corrected chi connectivity index (χ0v) is 9.31. The van der Waals surface area contributed by atoms with Crippen LogP contribution in [0.15, 0.2) is 30.9 Å². The molecule has 0 saturated carbocycles. The zero-order valence-electron chi connectivity index (χ0n) is 9.31. The Labute approximate surface area is 101 Å². The van der Waals surface area contributed by atoms with Crippen molar-refractivity contribution in [2.45, 2.75) is 13.0 Å². The van der Waals surface area contributed by atoms with Gasteiger partial charge >= 0.3 is 0 Å². The highest BCUT2D eigenvalue weighted by molar-refractivity contribution is 5.90. The largest absolute Gasteiger partial charge is 0.326 e. The molecule has 0 atom stereocenters. The highest BCUT2D eigenvalue weighted by Crippen LogP contribution is 2.13. The van der Waals surface area contributed by atoms with Crippen LogP contribution in [0.3, 0.4) is 0 Å². The summed E-state index contributed by atoms with van der Waals surface area (Å²) in [6.07, 6.45) is 3.03. The van der Waals surface area contributed by atoms with E-state index in [1.165, 1.54) is 23.4 Å². The van der Waals surface area contributed by atoms with E-state index in [1.807, 2.05) is 0 Å². The van der Waals surface area contributed by atoms with Crippen molar-refractivity contribution in [3.05, 3.63) is 42.5 Å². The van der Waals surface area contributed by atoms with Gasteiger partial charge in [0.05, 0.1) is 6.54 Å². The van der Waals surface area contributed by atoms with Crippen LogP contribution in [0.2, 0.25) is 0 Å². The lowest BCUT2D eigenvalue weighted by Crippen LogP contribution is -2.14. The molecule has 2 aromatic rings. The van der Waals surface area contributed by atoms with Gasteiger partial charge in [0.15, 0.2) is 11.6 Å². The second kappa shape index (κ2) is 5.35. The molecule has 2 rings (SSSR count). The molecule has 0 aliphatic carbocycles. The Balaban J connectivity index is 1.88. The van der Waals surface area contributed by atoms with Crippen molar-refractivity contribution in [2.75, 3.05) is 5.32 Å². The smallest absolute Gasteiger partial charge is 0.226 e. The van der Waals surface area contributed by atoms with Crippen LogP contribution in [-0.4, -0.2) is 20.7 Å². The normalized spacial score (nSPS) is 10.3. The van der Waals surface area contributed by atoms with Gasteiger partial charge in [0, 0.05) is 18.2 Å². The van der Waals surface area contributed by atoms with Crippen molar-refractivity contribution in [2.24, 2.45) is 0 Å². The summed E-state index contributed by atoms with van der Waals surface area (Å²) in [5, 5.41) is 6.30. The van der Waals surface area contributed by atoms with Crippen LogP contribution in [0.1, 0.15) is 6.42 Å². The van der Waals surface area contributed by atoms with E-state index in [1.54, 1.807) is 0 Å². The van der Waals surface area contributed by atoms with Gasteiger partial charge in [-0.05, 0) is 12.1 Å². The van der Waals surface area contributed by atoms with Crippen molar-refractivity contribution in [3.63, 3.8) is 0 Å². The lowest BCUT2D eigenvalue weighted by Gasteiger charge is -2.05. The van der Waals surface area contributed by atoms with Crippen LogP contribution in [0.25, 0.3) is 0 Å². The second-order valence-corrected chi connectivity index (χ2v) is 3.59. The minimum Gasteiger partial charge on any atom is -0.326 e. The van der Waals surface area contributed by atoms with Crippen LogP contribution in [-0.2, 0) is 11.3 Å². The molecule has 0 unspecified atom stereocenters. The van der Waals surface area contributed by atoms with Crippen molar-refractivity contribution in [1.29, 1.82) is 0 Å². The van der Waals surface area contributed by atoms with Gasteiger partial charge in [-0.2, -0.15) is 5.10 Å². The molecule has 5 nitrogen and oxygen atoms in total. The van der Waals surface area contributed by atoms with Crippen LogP contribution in [0.4, 0.5) is 14.5 Å². The number of carbonyl (C=O) groups is 1. The molecule has 0 aliphatic heterocycles. The Bertz CT molecular complexity index is 542. The predicted octanol–water partition coefficient (Wildman–Crippen LogP) is 1.59. The number of benzene rings is 1. The fourth-order valence-electron chi connectivity index (χ4n) is 1.36. The Kier molecular flexibility index (Phi) is 3.61. The first-order chi connectivity index (χ1) is 8.65. The number of halogens is 2. The van der Waals surface area contributed by atoms with E-state index in [0.717, 1.165) is 12.1 Å². The molecule has 0 bridgehead atoms. The summed E-state index contributed by atoms with van der Waals surface area (Å²) in [6.45, 7) is 0.371. The molecule has 1 aromatic heterocycles. The Morgan fingerprint density at radius 1 is 1.33 bits per heavy atom. The molecule has 0 aliphatic rings. The fraction of sp³-hybridized carbons (Fsp3) is 0.182. The van der Waals surface area contributed by atoms with Gasteiger partial charge in [-0.15, -0.1) is 0 Å². The summed E-state index contributed by atoms with van der Waals surface area (Å²) in [6, 6.07) is 3.19. The minimum atomic E-state index is -0.996. The Morgan fingerprint density at radius 2 is 2.17 bits per heavy atom. The molecule has 1 N–H and O–H groups in total. The fourth-order valence-corrected chi connectivity index (χ4v) is 1.36. The zero-order chi connectivity index (χ0) is 13.0. The molecular weight excluding hydrogens is 242 g/mol. The molecule has 0 radical (unpaired) electrons. The molecule has 7 heteroatoms. The monoisotopic (exact) mass is 252 g/mol. The molecule has 0 fully saturated rings. The van der Waals surface area contributed by atoms with E-state index < -0.39 is 11.6 Å². The highest BCUT2D eigenvalue weighted by atomic mass is 19.2. The number of anilines is 1. The predicted molar refractivity (Wildman–Crippen MR) is 59.6 cm³/mol. The van der Waals surface area contributed by atoms with Crippen molar-refractivity contribution < 1.29 is 13.6 Å². The number of aryl methyl sites for hydroxylation is 1. The molecule has 94 valence electrons. The Hall–Kier alpha value is -2.31. The van der Waals surface area contributed by atoms with E-state index in [-0.39, 0.29) is 18.0 Å². The van der Waals surface area contributed by atoms with Gasteiger partial charge < -0.3 is 5.32 Å². The summed E-state index contributed by atoms with van der Waals surface area (Å²) < 4.78 is 27.1. The first kappa shape index (κ1) is 12.2. The van der Waals surface area contributed by atoms with Gasteiger partial charge in [-0.3, -0.25) is 9.48 Å². The number of nitrogens with zero attached hydrogens (tertiary/aromatic N) is 3. The number of aromatic nitrogens is 3. The molecule has 1 amide bonds. The van der Waals surface area contributed by atoms with E-state index in [9.17, 15) is 13.6 Å². The molecule has 18 heavy (non-hydrogen) atoms. The van der Waals surface area contributed by atoms with Crippen LogP contribution in [0, 0.1) is 11.6 Å². The lowest BCUT2D eigenvalue weighted by molar-refractivity contribution is -0.116. The summed E-state index contributed by atoms with van der Waals surface area (Å²) in [4.78, 5) is 15.2. The first-order valence-electron chi connectivity index (χ1n) is 5.22. The molecular formula is C11H10F2N4O. The molecule has 0 saturated heterocycles. The summed E-state index contributed by atoms with van der Waals surface area (Å²) in [5.74, 6) is -2.25. The maximum atomic E-state index is 12.9. The van der Waals surface area contributed by atoms with Crippen LogP contribution in [0.5, 0.6) is 0 Å². The average molecular weight is 252 g/mol. The van der Waals surface area contributed by atoms with E-state index in [4.69, 9.17) is 0 Å². The maximum absolute atomic E-state index is 12.9. The molecule has 0 spiro atoms. The van der Waals surface area contributed by atoms with Crippen LogP contribution < -0.4 is 5.32 Å². The van der Waals surface area contributed by atoms with Gasteiger partial charge in [0.2, 0.25) is 5.91 Å². The number of nitrogens with one attached hydrogen (secondary N) is 1. The third-order valence-corrected chi connectivity index (χ3v) is 2.24. The van der Waals surface area contributed by atoms with Crippen molar-refractivity contribution >= 4 is 11.6 Å². The lowest BCUT2D eigenvalue weighted by atomic mass is 10.3. The van der Waals surface area contributed by atoms with Gasteiger partial charge in [0.25, 0.3) is 0 Å². The maximum Gasteiger partial charge on any atom is 0.226 e. The van der Waals surface area contributed by atoms with E-state index in [0.29, 0.717) is 6.54 Å². The first-order valence-corrected chi connectivity index (χ1v) is 5.22. The Morgan fingerprint density at radius 3 is 2.83 bits per heavy atom. The number of rotatable bonds is 4. The van der Waals surface area contributed by atoms with Crippen molar-refractivity contribution in [3.8, 4) is 0 Å². The van der Waals surface area contributed by atoms with E-state index in [2.05, 4.69) is 15.4 Å².